The van der Waals surface area contributed by atoms with Crippen LogP contribution in [0.25, 0.3) is 0 Å². The Morgan fingerprint density at radius 1 is 1.24 bits per heavy atom. The van der Waals surface area contributed by atoms with Gasteiger partial charge in [0.2, 0.25) is 0 Å². The van der Waals surface area contributed by atoms with Crippen molar-refractivity contribution in [2.45, 2.75) is 19.2 Å². The molecule has 17 heavy (non-hydrogen) atoms. The number of hydrogen-bond acceptors (Lipinski definition) is 2. The molecule has 0 saturated heterocycles. The van der Waals surface area contributed by atoms with E-state index in [0.717, 1.165) is 0 Å². The highest BCUT2D eigenvalue weighted by Gasteiger charge is 2.27. The van der Waals surface area contributed by atoms with Gasteiger partial charge < -0.3 is 9.84 Å². The second-order valence-corrected chi connectivity index (χ2v) is 3.45. The first-order chi connectivity index (χ1) is 7.88. The van der Waals surface area contributed by atoms with Gasteiger partial charge in [-0.05, 0) is 11.1 Å². The fourth-order valence-electron chi connectivity index (χ4n) is 1.31. The molecule has 0 unspecified atom stereocenters. The molecule has 0 atom stereocenters. The first kappa shape index (κ1) is 13.5. The lowest BCUT2D eigenvalue weighted by Gasteiger charge is -2.10. The monoisotopic (exact) mass is 248 g/mol. The van der Waals surface area contributed by atoms with Crippen molar-refractivity contribution in [3.63, 3.8) is 0 Å². The maximum absolute atomic E-state index is 11.8. The summed E-state index contributed by atoms with van der Waals surface area (Å²) in [4.78, 5) is 10.5. The number of carbonyl (C=O) groups is 1. The van der Waals surface area contributed by atoms with E-state index >= 15 is 0 Å². The van der Waals surface area contributed by atoms with Gasteiger partial charge in [0.25, 0.3) is 0 Å². The molecule has 0 heterocycles. The van der Waals surface area contributed by atoms with Crippen LogP contribution >= 0.6 is 0 Å². The van der Waals surface area contributed by atoms with E-state index in [1.165, 1.54) is 0 Å². The van der Waals surface area contributed by atoms with Crippen molar-refractivity contribution in [2.75, 3.05) is 6.61 Å². The summed E-state index contributed by atoms with van der Waals surface area (Å²) in [5, 5.41) is 8.63. The smallest absolute Gasteiger partial charge is 0.411 e. The van der Waals surface area contributed by atoms with Gasteiger partial charge in [-0.15, -0.1) is 0 Å². The molecule has 3 nitrogen and oxygen atoms in total. The molecule has 0 spiro atoms. The van der Waals surface area contributed by atoms with Gasteiger partial charge in [-0.25, -0.2) is 0 Å². The normalized spacial score (nSPS) is 11.5. The third-order valence-electron chi connectivity index (χ3n) is 1.98. The van der Waals surface area contributed by atoms with Crippen molar-refractivity contribution in [2.24, 2.45) is 0 Å². The van der Waals surface area contributed by atoms with E-state index in [2.05, 4.69) is 4.74 Å². The second-order valence-electron chi connectivity index (χ2n) is 3.45. The Kier molecular flexibility index (Phi) is 4.51. The van der Waals surface area contributed by atoms with Crippen molar-refractivity contribution in [3.05, 3.63) is 35.4 Å². The zero-order chi connectivity index (χ0) is 12.9. The number of hydrogen-bond donors (Lipinski definition) is 1. The van der Waals surface area contributed by atoms with Crippen molar-refractivity contribution < 1.29 is 27.8 Å². The number of benzene rings is 1. The molecule has 0 aliphatic carbocycles. The molecular formula is C11H11F3O3. The van der Waals surface area contributed by atoms with E-state index in [9.17, 15) is 18.0 Å². The molecule has 0 aliphatic rings. The Hall–Kier alpha value is -1.56. The van der Waals surface area contributed by atoms with Crippen LogP contribution in [-0.4, -0.2) is 23.9 Å². The largest absolute Gasteiger partial charge is 0.481 e. The summed E-state index contributed by atoms with van der Waals surface area (Å²) in [6.07, 6.45) is -4.60. The average molecular weight is 248 g/mol. The topological polar surface area (TPSA) is 46.5 Å². The number of carboxylic acid groups (broad SMARTS) is 1. The lowest BCUT2D eigenvalue weighted by molar-refractivity contribution is -0.176. The summed E-state index contributed by atoms with van der Waals surface area (Å²) in [6, 6.07) is 6.36. The second kappa shape index (κ2) is 5.67. The molecule has 1 rings (SSSR count). The Bertz CT molecular complexity index is 388. The van der Waals surface area contributed by atoms with Crippen LogP contribution in [0.5, 0.6) is 0 Å². The average Bonchev–Trinajstić information content (AvgIpc) is 2.18. The highest BCUT2D eigenvalue weighted by atomic mass is 19.4. The molecule has 0 aliphatic heterocycles. The van der Waals surface area contributed by atoms with Gasteiger partial charge in [0, 0.05) is 0 Å². The summed E-state index contributed by atoms with van der Waals surface area (Å²) in [5.41, 5.74) is 0.918. The molecule has 0 bridgehead atoms. The standard InChI is InChI=1S/C11H11F3O3/c12-11(13,14)7-17-6-9-4-2-1-3-8(9)5-10(15)16/h1-4H,5-7H2,(H,15,16). The molecule has 1 N–H and O–H groups in total. The van der Waals surface area contributed by atoms with E-state index in [0.29, 0.717) is 11.1 Å². The van der Waals surface area contributed by atoms with Crippen LogP contribution in [0.4, 0.5) is 13.2 Å². The number of aliphatic carboxylic acids is 1. The lowest BCUT2D eigenvalue weighted by atomic mass is 10.1. The highest BCUT2D eigenvalue weighted by Crippen LogP contribution is 2.17. The molecule has 0 radical (unpaired) electrons. The fraction of sp³-hybridized carbons (Fsp3) is 0.364. The molecule has 0 aromatic heterocycles. The van der Waals surface area contributed by atoms with Crippen LogP contribution in [0, 0.1) is 0 Å². The number of carboxylic acids is 1. The minimum Gasteiger partial charge on any atom is -0.481 e. The quantitative estimate of drug-likeness (QED) is 0.870. The maximum atomic E-state index is 11.8. The van der Waals surface area contributed by atoms with Gasteiger partial charge in [0.1, 0.15) is 6.61 Å². The zero-order valence-corrected chi connectivity index (χ0v) is 8.83. The van der Waals surface area contributed by atoms with Gasteiger partial charge in [0.15, 0.2) is 0 Å². The van der Waals surface area contributed by atoms with Crippen LogP contribution < -0.4 is 0 Å². The lowest BCUT2D eigenvalue weighted by Crippen LogP contribution is -2.17. The van der Waals surface area contributed by atoms with E-state index in [-0.39, 0.29) is 13.0 Å². The fourth-order valence-corrected chi connectivity index (χ4v) is 1.31. The van der Waals surface area contributed by atoms with Crippen molar-refractivity contribution in [3.8, 4) is 0 Å². The number of alkyl halides is 3. The van der Waals surface area contributed by atoms with E-state index in [1.807, 2.05) is 0 Å². The zero-order valence-electron chi connectivity index (χ0n) is 8.83. The van der Waals surface area contributed by atoms with E-state index < -0.39 is 18.8 Å². The highest BCUT2D eigenvalue weighted by molar-refractivity contribution is 5.70. The first-order valence-electron chi connectivity index (χ1n) is 4.81. The molecule has 1 aromatic carbocycles. The molecule has 6 heteroatoms. The Balaban J connectivity index is 2.61. The summed E-state index contributed by atoms with van der Waals surface area (Å²) >= 11 is 0. The summed E-state index contributed by atoms with van der Waals surface area (Å²) in [7, 11) is 0. The molecule has 94 valence electrons. The van der Waals surface area contributed by atoms with Crippen molar-refractivity contribution >= 4 is 5.97 Å². The Labute approximate surface area is 95.8 Å². The predicted molar refractivity (Wildman–Crippen MR) is 53.5 cm³/mol. The van der Waals surface area contributed by atoms with Gasteiger partial charge in [-0.2, -0.15) is 13.2 Å². The predicted octanol–water partition coefficient (Wildman–Crippen LogP) is 2.39. The van der Waals surface area contributed by atoms with Crippen LogP contribution in [0.3, 0.4) is 0 Å². The van der Waals surface area contributed by atoms with Crippen molar-refractivity contribution in [1.29, 1.82) is 0 Å². The van der Waals surface area contributed by atoms with Gasteiger partial charge in [0.05, 0.1) is 13.0 Å². The van der Waals surface area contributed by atoms with Crippen LogP contribution in [0.2, 0.25) is 0 Å². The maximum Gasteiger partial charge on any atom is 0.411 e. The third kappa shape index (κ3) is 5.35. The summed E-state index contributed by atoms with van der Waals surface area (Å²) in [6.45, 7) is -1.59. The number of ether oxygens (including phenoxy) is 1. The summed E-state index contributed by atoms with van der Waals surface area (Å²) in [5.74, 6) is -1.03. The SMILES string of the molecule is O=C(O)Cc1ccccc1COCC(F)(F)F. The first-order valence-corrected chi connectivity index (χ1v) is 4.81. The molecule has 1 aromatic rings. The van der Waals surface area contributed by atoms with Crippen LogP contribution in [-0.2, 0) is 22.6 Å². The van der Waals surface area contributed by atoms with Gasteiger partial charge in [-0.3, -0.25) is 4.79 Å². The third-order valence-corrected chi connectivity index (χ3v) is 1.98. The summed E-state index contributed by atoms with van der Waals surface area (Å²) < 4.78 is 40.0. The van der Waals surface area contributed by atoms with Crippen molar-refractivity contribution in [1.82, 2.24) is 0 Å². The van der Waals surface area contributed by atoms with Crippen LogP contribution in [0.15, 0.2) is 24.3 Å². The molecule has 0 amide bonds. The number of rotatable bonds is 5. The minimum atomic E-state index is -4.37. The molecular weight excluding hydrogens is 237 g/mol. The van der Waals surface area contributed by atoms with E-state index in [1.54, 1.807) is 24.3 Å². The van der Waals surface area contributed by atoms with E-state index in [4.69, 9.17) is 5.11 Å². The van der Waals surface area contributed by atoms with Crippen LogP contribution in [0.1, 0.15) is 11.1 Å². The number of halogens is 3. The Morgan fingerprint density at radius 3 is 2.35 bits per heavy atom. The van der Waals surface area contributed by atoms with Gasteiger partial charge >= 0.3 is 12.1 Å². The molecule has 0 fully saturated rings. The molecule has 0 saturated carbocycles. The van der Waals surface area contributed by atoms with Gasteiger partial charge in [-0.1, -0.05) is 24.3 Å². The Morgan fingerprint density at radius 2 is 1.82 bits per heavy atom. The minimum absolute atomic E-state index is 0.231.